The van der Waals surface area contributed by atoms with Crippen molar-refractivity contribution in [1.82, 2.24) is 19.9 Å². The molecule has 0 saturated heterocycles. The van der Waals surface area contributed by atoms with Crippen LogP contribution in [0.4, 0.5) is 26.4 Å². The summed E-state index contributed by atoms with van der Waals surface area (Å²) in [5.41, 5.74) is 3.25. The predicted octanol–water partition coefficient (Wildman–Crippen LogP) is 3.18. The first-order valence-electron chi connectivity index (χ1n) is 10.1. The first-order chi connectivity index (χ1) is 15.1. The van der Waals surface area contributed by atoms with Gasteiger partial charge in [0.25, 0.3) is 0 Å². The zero-order valence-electron chi connectivity index (χ0n) is 17.2. The molecule has 2 aromatic heterocycles. The average Bonchev–Trinajstić information content (AvgIpc) is 3.34. The number of nitrogens with zero attached hydrogens (tertiary/aromatic N) is 3. The Hall–Kier alpha value is -3.40. The van der Waals surface area contributed by atoms with Crippen molar-refractivity contribution in [3.05, 3.63) is 36.2 Å². The van der Waals surface area contributed by atoms with Gasteiger partial charge in [-0.2, -0.15) is 0 Å². The second kappa shape index (κ2) is 7.69. The van der Waals surface area contributed by atoms with Crippen molar-refractivity contribution in [3.8, 4) is 5.75 Å². The van der Waals surface area contributed by atoms with Crippen molar-refractivity contribution in [2.45, 2.75) is 37.8 Å². The Labute approximate surface area is 178 Å². The largest absolute Gasteiger partial charge is 0.495 e. The van der Waals surface area contributed by atoms with Crippen LogP contribution in [0.2, 0.25) is 0 Å². The number of carbonyl (C=O) groups excluding carboxylic acids is 1. The van der Waals surface area contributed by atoms with E-state index < -0.39 is 24.3 Å². The Bertz CT molecular complexity index is 1150. The first kappa shape index (κ1) is 19.6. The van der Waals surface area contributed by atoms with E-state index in [4.69, 9.17) is 9.47 Å². The maximum atomic E-state index is 14.2. The lowest BCUT2D eigenvalue weighted by atomic mass is 10.1. The summed E-state index contributed by atoms with van der Waals surface area (Å²) in [6, 6.07) is 6.62. The highest BCUT2D eigenvalue weighted by Gasteiger charge is 2.37. The van der Waals surface area contributed by atoms with Gasteiger partial charge in [0, 0.05) is 26.0 Å². The van der Waals surface area contributed by atoms with Gasteiger partial charge in [-0.25, -0.2) is 23.7 Å². The molecule has 2 aliphatic rings. The Morgan fingerprint density at radius 1 is 1.32 bits per heavy atom. The van der Waals surface area contributed by atoms with E-state index in [9.17, 15) is 9.18 Å². The second-order valence-electron chi connectivity index (χ2n) is 7.73. The summed E-state index contributed by atoms with van der Waals surface area (Å²) in [6.45, 7) is 0.285. The second-order valence-corrected chi connectivity index (χ2v) is 7.73. The maximum absolute atomic E-state index is 14.2. The molecule has 3 atom stereocenters. The van der Waals surface area contributed by atoms with Crippen molar-refractivity contribution < 1.29 is 18.7 Å². The fraction of sp³-hybridized carbons (Fsp3) is 0.381. The van der Waals surface area contributed by atoms with Crippen LogP contribution in [0.3, 0.4) is 0 Å². The third-order valence-electron chi connectivity index (χ3n) is 5.74. The Balaban J connectivity index is 1.66. The maximum Gasteiger partial charge on any atom is 0.328 e. The van der Waals surface area contributed by atoms with Gasteiger partial charge >= 0.3 is 6.03 Å². The number of carbonyl (C=O) groups is 1. The van der Waals surface area contributed by atoms with Crippen LogP contribution in [0.1, 0.15) is 18.4 Å². The van der Waals surface area contributed by atoms with Crippen LogP contribution in [0, 0.1) is 0 Å². The Morgan fingerprint density at radius 3 is 3.00 bits per heavy atom. The number of aromatic nitrogens is 3. The van der Waals surface area contributed by atoms with E-state index in [2.05, 4.69) is 25.9 Å². The lowest BCUT2D eigenvalue weighted by molar-refractivity contribution is 0.0273. The Kier molecular flexibility index (Phi) is 4.85. The normalized spacial score (nSPS) is 23.1. The van der Waals surface area contributed by atoms with E-state index in [0.29, 0.717) is 34.1 Å². The molecule has 0 radical (unpaired) electrons. The van der Waals surface area contributed by atoms with Gasteiger partial charge in [0.1, 0.15) is 29.6 Å². The monoisotopic (exact) mass is 426 g/mol. The first-order valence-corrected chi connectivity index (χ1v) is 10.1. The zero-order chi connectivity index (χ0) is 21.5. The van der Waals surface area contributed by atoms with E-state index in [1.807, 2.05) is 24.3 Å². The number of fused-ring (bicyclic) bond motifs is 4. The number of imidazole rings is 1. The average molecular weight is 426 g/mol. The molecule has 3 heterocycles. The molecule has 31 heavy (non-hydrogen) atoms. The van der Waals surface area contributed by atoms with Gasteiger partial charge in [0.05, 0.1) is 37.2 Å². The number of hydrogen-bond donors (Lipinski definition) is 3. The highest BCUT2D eigenvalue weighted by atomic mass is 19.1. The number of hydrogen-bond acceptors (Lipinski definition) is 7. The van der Waals surface area contributed by atoms with Gasteiger partial charge in [-0.05, 0) is 17.7 Å². The number of benzene rings is 1. The quantitative estimate of drug-likeness (QED) is 0.578. The van der Waals surface area contributed by atoms with Crippen LogP contribution in [0.5, 0.6) is 5.75 Å². The number of alkyl halides is 1. The standard InChI is InChI=1S/C21H23FN6O3/c1-23-15-8-18-25-13-5-11(3-4-16(13)30-2)9-31-17-7-12(22)6-14(17)26-21(29)28-10-24-19(15)20(28)27-18/h3-5,8,10,12,14,17H,6-7,9H2,1-2H3,(H,26,29)(H2,23,25,27)/t12?,14?,17-/m1/s1. The minimum atomic E-state index is -1.03. The Morgan fingerprint density at radius 2 is 2.19 bits per heavy atom. The van der Waals surface area contributed by atoms with E-state index in [1.54, 1.807) is 14.2 Å². The van der Waals surface area contributed by atoms with Crippen LogP contribution in [0.25, 0.3) is 11.2 Å². The minimum absolute atomic E-state index is 0.207. The van der Waals surface area contributed by atoms with E-state index >= 15 is 0 Å². The summed E-state index contributed by atoms with van der Waals surface area (Å²) in [5.74, 6) is 1.15. The molecule has 1 fully saturated rings. The third-order valence-corrected chi connectivity index (χ3v) is 5.74. The molecule has 3 aromatic rings. The third kappa shape index (κ3) is 3.52. The number of methoxy groups -OCH3 is 1. The number of nitrogens with one attached hydrogen (secondary N) is 3. The summed E-state index contributed by atoms with van der Waals surface area (Å²) in [4.78, 5) is 22.0. The molecule has 3 N–H and O–H groups in total. The van der Waals surface area contributed by atoms with Gasteiger partial charge in [0.15, 0.2) is 5.65 Å². The number of rotatable bonds is 2. The van der Waals surface area contributed by atoms with Gasteiger partial charge in [-0.3, -0.25) is 0 Å². The highest BCUT2D eigenvalue weighted by molar-refractivity contribution is 5.94. The molecule has 1 aliphatic heterocycles. The molecular formula is C21H23FN6O3. The highest BCUT2D eigenvalue weighted by Crippen LogP contribution is 2.33. The molecule has 1 saturated carbocycles. The fourth-order valence-corrected chi connectivity index (χ4v) is 4.18. The number of ether oxygens (including phenoxy) is 2. The van der Waals surface area contributed by atoms with E-state index in [0.717, 1.165) is 5.56 Å². The van der Waals surface area contributed by atoms with Crippen LogP contribution >= 0.6 is 0 Å². The molecule has 9 nitrogen and oxygen atoms in total. The molecule has 2 unspecified atom stereocenters. The molecule has 1 amide bonds. The summed E-state index contributed by atoms with van der Waals surface area (Å²) < 4.78 is 27.0. The summed E-state index contributed by atoms with van der Waals surface area (Å²) >= 11 is 0. The van der Waals surface area contributed by atoms with Gasteiger partial charge in [-0.15, -0.1) is 0 Å². The van der Waals surface area contributed by atoms with Gasteiger partial charge in [0.2, 0.25) is 0 Å². The smallest absolute Gasteiger partial charge is 0.328 e. The lowest BCUT2D eigenvalue weighted by Crippen LogP contribution is -2.43. The summed E-state index contributed by atoms with van der Waals surface area (Å²) in [7, 11) is 3.37. The van der Waals surface area contributed by atoms with Crippen LogP contribution in [0.15, 0.2) is 30.6 Å². The van der Waals surface area contributed by atoms with Crippen molar-refractivity contribution in [1.29, 1.82) is 0 Å². The van der Waals surface area contributed by atoms with E-state index in [-0.39, 0.29) is 19.4 Å². The molecule has 0 spiro atoms. The number of halogens is 1. The predicted molar refractivity (Wildman–Crippen MR) is 114 cm³/mol. The molecule has 162 valence electrons. The molecule has 4 bridgehead atoms. The molecule has 10 heteroatoms. The zero-order valence-corrected chi connectivity index (χ0v) is 17.2. The van der Waals surface area contributed by atoms with Gasteiger partial charge in [-0.1, -0.05) is 6.07 Å². The fourth-order valence-electron chi connectivity index (χ4n) is 4.18. The van der Waals surface area contributed by atoms with Crippen molar-refractivity contribution in [2.75, 3.05) is 24.8 Å². The van der Waals surface area contributed by atoms with Crippen molar-refractivity contribution in [3.63, 3.8) is 0 Å². The molecule has 1 aromatic carbocycles. The molecule has 5 rings (SSSR count). The van der Waals surface area contributed by atoms with Crippen LogP contribution in [-0.4, -0.2) is 53.0 Å². The summed E-state index contributed by atoms with van der Waals surface area (Å²) in [5, 5.41) is 9.27. The summed E-state index contributed by atoms with van der Waals surface area (Å²) in [6.07, 6.45) is 0.413. The molecular weight excluding hydrogens is 403 g/mol. The van der Waals surface area contributed by atoms with Crippen LogP contribution in [-0.2, 0) is 11.3 Å². The van der Waals surface area contributed by atoms with Crippen molar-refractivity contribution >= 4 is 34.4 Å². The van der Waals surface area contributed by atoms with E-state index in [1.165, 1.54) is 10.9 Å². The minimum Gasteiger partial charge on any atom is -0.495 e. The number of pyridine rings is 1. The van der Waals surface area contributed by atoms with Crippen LogP contribution < -0.4 is 20.7 Å². The van der Waals surface area contributed by atoms with Crippen molar-refractivity contribution in [2.24, 2.45) is 0 Å². The SMILES string of the molecule is CNc1cc2nc3c1ncn3C(=O)NC1CC(F)C[C@H]1OCc1ccc(OC)c(c1)N2. The molecule has 1 aliphatic carbocycles. The topological polar surface area (TPSA) is 102 Å². The van der Waals surface area contributed by atoms with Gasteiger partial charge < -0.3 is 25.4 Å². The number of amides is 1. The lowest BCUT2D eigenvalue weighted by Gasteiger charge is -2.22. The number of anilines is 3.